The van der Waals surface area contributed by atoms with Gasteiger partial charge in [0.2, 0.25) is 0 Å². The first kappa shape index (κ1) is 29.2. The van der Waals surface area contributed by atoms with Crippen molar-refractivity contribution in [1.29, 1.82) is 0 Å². The van der Waals surface area contributed by atoms with Crippen LogP contribution in [0.1, 0.15) is 0 Å². The molecule has 0 aromatic carbocycles. The molecule has 0 aliphatic heterocycles. The van der Waals surface area contributed by atoms with Crippen molar-refractivity contribution >= 4 is 67.4 Å². The summed E-state index contributed by atoms with van der Waals surface area (Å²) in [5.41, 5.74) is 0. The maximum atomic E-state index is 8.52. The van der Waals surface area contributed by atoms with E-state index < -0.39 is 8.25 Å². The van der Waals surface area contributed by atoms with Crippen LogP contribution in [0.5, 0.6) is 0 Å². The van der Waals surface area contributed by atoms with Crippen LogP contribution in [-0.4, -0.2) is 59.1 Å². The molecule has 0 amide bonds. The Morgan fingerprint density at radius 3 is 1.00 bits per heavy atom. The van der Waals surface area contributed by atoms with Crippen LogP contribution >= 0.6 is 8.25 Å². The van der Waals surface area contributed by atoms with Crippen LogP contribution in [0, 0.1) is 0 Å². The van der Waals surface area contributed by atoms with Crippen molar-refractivity contribution in [2.24, 2.45) is 0 Å². The van der Waals surface area contributed by atoms with E-state index in [1.165, 1.54) is 0 Å². The first-order valence-corrected chi connectivity index (χ1v) is 1.84. The number of hydrogen-bond donors (Lipinski definition) is 0. The van der Waals surface area contributed by atoms with Gasteiger partial charge in [0.15, 0.2) is 0 Å². The zero-order valence-electron chi connectivity index (χ0n) is 3.72. The molecule has 0 saturated heterocycles. The first-order chi connectivity index (χ1) is 1.73. The number of hydrogen-bond acceptors (Lipinski definition) is 3. The summed E-state index contributed by atoms with van der Waals surface area (Å²) < 4.78 is 8.52. The Morgan fingerprint density at radius 2 is 1.00 bits per heavy atom. The van der Waals surface area contributed by atoms with Gasteiger partial charge in [-0.25, -0.2) is 0 Å². The normalized spacial score (nSPS) is 4.38. The molecular weight excluding hydrogens is 203 g/mol. The van der Waals surface area contributed by atoms with Crippen molar-refractivity contribution in [3.63, 3.8) is 0 Å². The molecule has 3 nitrogen and oxygen atoms in total. The van der Waals surface area contributed by atoms with Crippen LogP contribution < -0.4 is 113 Å². The topological polar surface area (TPSA) is 63.2 Å². The third-order valence-corrected chi connectivity index (χ3v) is 0. The van der Waals surface area contributed by atoms with Gasteiger partial charge in [0.1, 0.15) is 0 Å². The molecule has 0 aliphatic carbocycles. The van der Waals surface area contributed by atoms with Crippen LogP contribution in [0.2, 0.25) is 0 Å². The molecule has 0 radical (unpaired) electrons. The van der Waals surface area contributed by atoms with E-state index in [4.69, 9.17) is 14.4 Å². The van der Waals surface area contributed by atoms with Crippen LogP contribution in [-0.2, 0) is 4.57 Å². The molecule has 0 saturated carbocycles. The summed E-state index contributed by atoms with van der Waals surface area (Å²) in [5.74, 6) is 0. The quantitative estimate of drug-likeness (QED) is 0.292. The second-order valence-electron chi connectivity index (χ2n) is 0.250. The van der Waals surface area contributed by atoms with E-state index >= 15 is 0 Å². The molecule has 0 atom stereocenters. The minimum atomic E-state index is -3.63. The average molecular weight is 206 g/mol. The van der Waals surface area contributed by atoms with Crippen molar-refractivity contribution in [1.82, 2.24) is 0 Å². The number of rotatable bonds is 0. The van der Waals surface area contributed by atoms with E-state index in [2.05, 4.69) is 0 Å². The summed E-state index contributed by atoms with van der Waals surface area (Å²) in [4.78, 5) is 17.0. The molecule has 0 fully saturated rings. The Kier molecular flexibility index (Phi) is 83.4. The molecule has 0 aliphatic rings. The predicted molar refractivity (Wildman–Crippen MR) is 23.3 cm³/mol. The Morgan fingerprint density at radius 1 is 1.00 bits per heavy atom. The fourth-order valence-electron chi connectivity index (χ4n) is 0. The van der Waals surface area contributed by atoms with E-state index in [0.717, 1.165) is 0 Å². The zero-order chi connectivity index (χ0) is 3.58. The van der Waals surface area contributed by atoms with Crippen molar-refractivity contribution in [3.05, 3.63) is 0 Å². The van der Waals surface area contributed by atoms with Gasteiger partial charge in [-0.2, -0.15) is 0 Å². The molecule has 8 heteroatoms. The van der Waals surface area contributed by atoms with E-state index in [-0.39, 0.29) is 162 Å². The van der Waals surface area contributed by atoms with E-state index in [9.17, 15) is 0 Å². The molecule has 0 unspecified atom stereocenters. The Hall–Kier alpha value is 5.42. The van der Waals surface area contributed by atoms with Gasteiger partial charge in [0.25, 0.3) is 0 Å². The summed E-state index contributed by atoms with van der Waals surface area (Å²) in [7, 11) is -3.63. The monoisotopic (exact) mass is 206 g/mol. The molecule has 0 N–H and O–H groups in total. The summed E-state index contributed by atoms with van der Waals surface area (Å²) in [6.07, 6.45) is 0. The molecule has 30 valence electrons. The van der Waals surface area contributed by atoms with E-state index in [1.54, 1.807) is 0 Å². The van der Waals surface area contributed by atoms with Crippen LogP contribution in [0.15, 0.2) is 0 Å². The second kappa shape index (κ2) is 22.8. The Bertz CT molecular complexity index is 38.3. The van der Waals surface area contributed by atoms with Gasteiger partial charge >= 0.3 is 162 Å². The van der Waals surface area contributed by atoms with Gasteiger partial charge in [-0.1, -0.05) is 8.25 Å². The van der Waals surface area contributed by atoms with Gasteiger partial charge in [-0.05, 0) is 0 Å². The van der Waals surface area contributed by atoms with Crippen molar-refractivity contribution < 1.29 is 117 Å². The molecule has 0 aromatic rings. The second-order valence-corrected chi connectivity index (χ2v) is 0.750. The van der Waals surface area contributed by atoms with E-state index in [1.807, 2.05) is 0 Å². The molecule has 0 rings (SSSR count). The van der Waals surface area contributed by atoms with Gasteiger partial charge < -0.3 is 14.4 Å². The van der Waals surface area contributed by atoms with Gasteiger partial charge in [0, 0.05) is 0 Å². The summed E-state index contributed by atoms with van der Waals surface area (Å²) in [6.45, 7) is 0. The first-order valence-electron chi connectivity index (χ1n) is 0.612. The fourth-order valence-corrected chi connectivity index (χ4v) is 0. The van der Waals surface area contributed by atoms with Crippen LogP contribution in [0.25, 0.3) is 0 Å². The standard InChI is InChI=1S/2K.2Na.H3O3P.2H/c;;;;1-4(2)3;;/h;;;;4H,(H2,1,2,3);;/q2*+1;;;;;/p-2. The van der Waals surface area contributed by atoms with Gasteiger partial charge in [0.05, 0.1) is 0 Å². The summed E-state index contributed by atoms with van der Waals surface area (Å²) in [6, 6.07) is 0. The van der Waals surface area contributed by atoms with Crippen molar-refractivity contribution in [3.8, 4) is 0 Å². The van der Waals surface area contributed by atoms with E-state index in [0.29, 0.717) is 0 Å². The van der Waals surface area contributed by atoms with Crippen LogP contribution in [0.3, 0.4) is 0 Å². The summed E-state index contributed by atoms with van der Waals surface area (Å²) in [5, 5.41) is 0. The van der Waals surface area contributed by atoms with Crippen LogP contribution in [0.4, 0.5) is 0 Å². The molecule has 0 spiro atoms. The molecular formula is H3K2Na2O3P. The molecule has 0 heterocycles. The Labute approximate surface area is 179 Å². The SMILES string of the molecule is O=[PH]([O-])[O-].[K+].[K+].[NaH].[NaH]. The molecule has 0 bridgehead atoms. The third-order valence-electron chi connectivity index (χ3n) is 0. The van der Waals surface area contributed by atoms with Gasteiger partial charge in [-0.15, -0.1) is 0 Å². The Balaban J connectivity index is -0.00000000750. The third kappa shape index (κ3) is 42.2. The van der Waals surface area contributed by atoms with Crippen molar-refractivity contribution in [2.75, 3.05) is 0 Å². The minimum absolute atomic E-state index is 0. The van der Waals surface area contributed by atoms with Gasteiger partial charge in [-0.3, -0.25) is 0 Å². The fraction of sp³-hybridized carbons (Fsp3) is 0. The average Bonchev–Trinajstić information content (AvgIpc) is 0.811. The maximum absolute atomic E-state index is 8.52. The zero-order valence-corrected chi connectivity index (χ0v) is 11.0. The van der Waals surface area contributed by atoms with Crippen molar-refractivity contribution in [2.45, 2.75) is 0 Å². The summed E-state index contributed by atoms with van der Waals surface area (Å²) >= 11 is 0. The molecule has 0 aromatic heterocycles. The molecule has 8 heavy (non-hydrogen) atoms. The predicted octanol–water partition coefficient (Wildman–Crippen LogP) is -9.19.